The standard InChI is InChI=1S/C17H19FN4S/c1-16(2)15(19)22-17(3,9-23-16)13-6-11(4-5-14(13)18)12-7-20-10-21-8-12/h4-8,10H,9H2,1-3H3,(H2,19,22)/t17-/m0/s1. The number of benzene rings is 1. The van der Waals surface area contributed by atoms with Crippen LogP contribution in [-0.4, -0.2) is 26.3 Å². The van der Waals surface area contributed by atoms with Gasteiger partial charge in [0, 0.05) is 29.3 Å². The average molecular weight is 330 g/mol. The number of nitrogens with one attached hydrogen (secondary N) is 2. The molecule has 23 heavy (non-hydrogen) atoms. The molecule has 2 heterocycles. The van der Waals surface area contributed by atoms with Gasteiger partial charge in [0.05, 0.1) is 10.3 Å². The molecule has 1 fully saturated rings. The third-order valence-corrected chi connectivity index (χ3v) is 5.83. The summed E-state index contributed by atoms with van der Waals surface area (Å²) in [5.41, 5.74) is 1.65. The maximum atomic E-state index is 14.5. The lowest BCUT2D eigenvalue weighted by Gasteiger charge is -2.43. The Morgan fingerprint density at radius 3 is 2.52 bits per heavy atom. The zero-order valence-electron chi connectivity index (χ0n) is 13.4. The predicted octanol–water partition coefficient (Wildman–Crippen LogP) is 3.59. The summed E-state index contributed by atoms with van der Waals surface area (Å²) in [7, 11) is 0. The predicted molar refractivity (Wildman–Crippen MR) is 92.2 cm³/mol. The third-order valence-electron chi connectivity index (χ3n) is 4.18. The molecule has 1 aliphatic heterocycles. The fraction of sp³-hybridized carbons (Fsp3) is 0.353. The molecule has 1 aromatic carbocycles. The molecule has 0 bridgehead atoms. The molecular weight excluding hydrogens is 311 g/mol. The van der Waals surface area contributed by atoms with Crippen LogP contribution in [0.2, 0.25) is 0 Å². The van der Waals surface area contributed by atoms with Crippen LogP contribution in [0.4, 0.5) is 4.39 Å². The van der Waals surface area contributed by atoms with E-state index in [1.165, 1.54) is 12.4 Å². The third kappa shape index (κ3) is 2.95. The fourth-order valence-electron chi connectivity index (χ4n) is 2.58. The van der Waals surface area contributed by atoms with Crippen molar-refractivity contribution in [3.63, 3.8) is 0 Å². The lowest BCUT2D eigenvalue weighted by Crippen LogP contribution is -2.56. The van der Waals surface area contributed by atoms with E-state index in [4.69, 9.17) is 5.41 Å². The number of nitrogens with zero attached hydrogens (tertiary/aromatic N) is 2. The normalized spacial score (nSPS) is 23.4. The molecule has 0 amide bonds. The minimum absolute atomic E-state index is 0.270. The van der Waals surface area contributed by atoms with Crippen molar-refractivity contribution in [1.82, 2.24) is 15.3 Å². The first-order chi connectivity index (χ1) is 10.8. The molecule has 1 saturated heterocycles. The highest BCUT2D eigenvalue weighted by molar-refractivity contribution is 8.01. The van der Waals surface area contributed by atoms with E-state index in [2.05, 4.69) is 15.3 Å². The van der Waals surface area contributed by atoms with Crippen LogP contribution < -0.4 is 5.32 Å². The van der Waals surface area contributed by atoms with Crippen molar-refractivity contribution >= 4 is 17.6 Å². The summed E-state index contributed by atoms with van der Waals surface area (Å²) in [5.74, 6) is 0.839. The summed E-state index contributed by atoms with van der Waals surface area (Å²) < 4.78 is 14.2. The van der Waals surface area contributed by atoms with Gasteiger partial charge >= 0.3 is 0 Å². The van der Waals surface area contributed by atoms with Crippen LogP contribution in [-0.2, 0) is 5.54 Å². The van der Waals surface area contributed by atoms with Gasteiger partial charge in [0.15, 0.2) is 0 Å². The van der Waals surface area contributed by atoms with Crippen LogP contribution in [0, 0.1) is 11.2 Å². The number of hydrogen-bond acceptors (Lipinski definition) is 4. The summed E-state index contributed by atoms with van der Waals surface area (Å²) >= 11 is 1.66. The summed E-state index contributed by atoms with van der Waals surface area (Å²) in [4.78, 5) is 8.03. The molecule has 3 rings (SSSR count). The molecule has 0 unspecified atom stereocenters. The Labute approximate surface area is 139 Å². The number of halogens is 1. The maximum absolute atomic E-state index is 14.5. The second kappa shape index (κ2) is 5.60. The Bertz CT molecular complexity index is 748. The van der Waals surface area contributed by atoms with E-state index in [0.29, 0.717) is 17.2 Å². The largest absolute Gasteiger partial charge is 0.363 e. The van der Waals surface area contributed by atoms with Gasteiger partial charge in [0.1, 0.15) is 18.0 Å². The van der Waals surface area contributed by atoms with E-state index in [9.17, 15) is 4.39 Å². The van der Waals surface area contributed by atoms with Gasteiger partial charge in [-0.1, -0.05) is 6.07 Å². The second-order valence-electron chi connectivity index (χ2n) is 6.45. The Hall–Kier alpha value is -1.95. The van der Waals surface area contributed by atoms with Gasteiger partial charge in [-0.3, -0.25) is 5.41 Å². The van der Waals surface area contributed by atoms with Crippen molar-refractivity contribution < 1.29 is 4.39 Å². The molecule has 0 radical (unpaired) electrons. The minimum atomic E-state index is -0.618. The van der Waals surface area contributed by atoms with Crippen molar-refractivity contribution in [2.45, 2.75) is 31.1 Å². The Balaban J connectivity index is 2.01. The van der Waals surface area contributed by atoms with Gasteiger partial charge in [-0.15, -0.1) is 11.8 Å². The van der Waals surface area contributed by atoms with Crippen LogP contribution in [0.5, 0.6) is 0 Å². The highest BCUT2D eigenvalue weighted by Gasteiger charge is 2.41. The SMILES string of the molecule is CC1(C)SC[C@@](C)(c2cc(-c3cncnc3)ccc2F)NC1=N. The van der Waals surface area contributed by atoms with Crippen molar-refractivity contribution in [3.05, 3.63) is 48.3 Å². The maximum Gasteiger partial charge on any atom is 0.128 e. The second-order valence-corrected chi connectivity index (χ2v) is 8.05. The van der Waals surface area contributed by atoms with Gasteiger partial charge in [-0.2, -0.15) is 0 Å². The molecule has 1 aromatic heterocycles. The van der Waals surface area contributed by atoms with Gasteiger partial charge in [0.2, 0.25) is 0 Å². The van der Waals surface area contributed by atoms with Crippen LogP contribution in [0.15, 0.2) is 36.9 Å². The quantitative estimate of drug-likeness (QED) is 0.883. The molecule has 0 spiro atoms. The molecule has 1 atom stereocenters. The number of hydrogen-bond donors (Lipinski definition) is 2. The van der Waals surface area contributed by atoms with Crippen molar-refractivity contribution in [2.75, 3.05) is 5.75 Å². The highest BCUT2D eigenvalue weighted by atomic mass is 32.2. The molecular formula is C17H19FN4S. The fourth-order valence-corrected chi connectivity index (χ4v) is 3.65. The summed E-state index contributed by atoms with van der Waals surface area (Å²) in [6.07, 6.45) is 4.89. The first-order valence-electron chi connectivity index (χ1n) is 7.38. The van der Waals surface area contributed by atoms with Crippen LogP contribution in [0.1, 0.15) is 26.3 Å². The van der Waals surface area contributed by atoms with E-state index >= 15 is 0 Å². The van der Waals surface area contributed by atoms with E-state index in [-0.39, 0.29) is 10.6 Å². The lowest BCUT2D eigenvalue weighted by atomic mass is 9.89. The number of thioether (sulfide) groups is 1. The average Bonchev–Trinajstić information content (AvgIpc) is 2.53. The van der Waals surface area contributed by atoms with Crippen molar-refractivity contribution in [1.29, 1.82) is 5.41 Å². The van der Waals surface area contributed by atoms with E-state index in [0.717, 1.165) is 11.1 Å². The first kappa shape index (κ1) is 15.9. The van der Waals surface area contributed by atoms with Gasteiger partial charge < -0.3 is 5.32 Å². The lowest BCUT2D eigenvalue weighted by molar-refractivity contribution is 0.445. The number of amidine groups is 1. The summed E-state index contributed by atoms with van der Waals surface area (Å²) in [5, 5.41) is 11.4. The van der Waals surface area contributed by atoms with E-state index < -0.39 is 5.54 Å². The van der Waals surface area contributed by atoms with Gasteiger partial charge in [0.25, 0.3) is 0 Å². The smallest absolute Gasteiger partial charge is 0.128 e. The molecule has 1 aliphatic rings. The minimum Gasteiger partial charge on any atom is -0.363 e. The van der Waals surface area contributed by atoms with Gasteiger partial charge in [-0.05, 0) is 38.5 Å². The number of aromatic nitrogens is 2. The van der Waals surface area contributed by atoms with Crippen molar-refractivity contribution in [3.8, 4) is 11.1 Å². The molecule has 2 N–H and O–H groups in total. The first-order valence-corrected chi connectivity index (χ1v) is 8.37. The Morgan fingerprint density at radius 2 is 1.87 bits per heavy atom. The van der Waals surface area contributed by atoms with Gasteiger partial charge in [-0.25, -0.2) is 14.4 Å². The zero-order chi connectivity index (χ0) is 16.7. The van der Waals surface area contributed by atoms with Crippen molar-refractivity contribution in [2.24, 2.45) is 0 Å². The molecule has 0 saturated carbocycles. The van der Waals surface area contributed by atoms with Crippen LogP contribution in [0.25, 0.3) is 11.1 Å². The van der Waals surface area contributed by atoms with Crippen LogP contribution in [0.3, 0.4) is 0 Å². The number of rotatable bonds is 2. The molecule has 2 aromatic rings. The monoisotopic (exact) mass is 330 g/mol. The summed E-state index contributed by atoms with van der Waals surface area (Å²) in [6, 6.07) is 5.03. The molecule has 0 aliphatic carbocycles. The Kier molecular flexibility index (Phi) is 3.88. The highest BCUT2D eigenvalue weighted by Crippen LogP contribution is 2.39. The zero-order valence-corrected chi connectivity index (χ0v) is 14.2. The molecule has 4 nitrogen and oxygen atoms in total. The van der Waals surface area contributed by atoms with E-state index in [1.54, 1.807) is 30.2 Å². The molecule has 6 heteroatoms. The van der Waals surface area contributed by atoms with E-state index in [1.807, 2.05) is 26.8 Å². The molecule has 120 valence electrons. The summed E-state index contributed by atoms with van der Waals surface area (Å²) in [6.45, 7) is 5.94. The topological polar surface area (TPSA) is 61.7 Å². The van der Waals surface area contributed by atoms with Crippen LogP contribution >= 0.6 is 11.8 Å². The Morgan fingerprint density at radius 1 is 1.17 bits per heavy atom.